The molecule has 3 nitrogen and oxygen atoms in total. The molecule has 0 aromatic carbocycles. The maximum absolute atomic E-state index is 10.7. The lowest BCUT2D eigenvalue weighted by atomic mass is 9.80. The van der Waals surface area contributed by atoms with E-state index in [1.54, 1.807) is 0 Å². The van der Waals surface area contributed by atoms with Crippen molar-refractivity contribution in [2.75, 3.05) is 26.3 Å². The lowest BCUT2D eigenvalue weighted by molar-refractivity contribution is -0.0890. The average molecular weight is 239 g/mol. The quantitative estimate of drug-likeness (QED) is 0.753. The Balaban J connectivity index is 1.75. The molecule has 3 rings (SSSR count). The van der Waals surface area contributed by atoms with Crippen molar-refractivity contribution in [3.8, 4) is 0 Å². The summed E-state index contributed by atoms with van der Waals surface area (Å²) in [6, 6.07) is 0.342. The molecule has 17 heavy (non-hydrogen) atoms. The van der Waals surface area contributed by atoms with Gasteiger partial charge in [-0.25, -0.2) is 0 Å². The highest BCUT2D eigenvalue weighted by Crippen LogP contribution is 2.66. The maximum atomic E-state index is 10.7. The van der Waals surface area contributed by atoms with E-state index in [1.807, 2.05) is 6.92 Å². The first-order valence-corrected chi connectivity index (χ1v) is 6.97. The van der Waals surface area contributed by atoms with Gasteiger partial charge in [-0.1, -0.05) is 13.8 Å². The first-order chi connectivity index (χ1) is 7.93. The smallest absolute Gasteiger partial charge is 0.0777 e. The molecule has 1 aliphatic heterocycles. The minimum atomic E-state index is -0.508. The molecule has 0 aromatic heterocycles. The summed E-state index contributed by atoms with van der Waals surface area (Å²) in [5, 5.41) is 10.7. The van der Waals surface area contributed by atoms with Gasteiger partial charge in [-0.3, -0.25) is 4.90 Å². The van der Waals surface area contributed by atoms with Gasteiger partial charge in [-0.15, -0.1) is 0 Å². The maximum Gasteiger partial charge on any atom is 0.0777 e. The van der Waals surface area contributed by atoms with E-state index in [1.165, 1.54) is 6.42 Å². The summed E-state index contributed by atoms with van der Waals surface area (Å²) in [7, 11) is 0. The lowest BCUT2D eigenvalue weighted by Crippen LogP contribution is -2.56. The summed E-state index contributed by atoms with van der Waals surface area (Å²) in [4.78, 5) is 2.45. The third-order valence-electron chi connectivity index (χ3n) is 5.60. The third kappa shape index (κ3) is 1.83. The van der Waals surface area contributed by atoms with Crippen molar-refractivity contribution in [1.82, 2.24) is 4.90 Å². The molecule has 2 saturated carbocycles. The van der Waals surface area contributed by atoms with Gasteiger partial charge in [-0.2, -0.15) is 0 Å². The molecule has 3 fully saturated rings. The van der Waals surface area contributed by atoms with Gasteiger partial charge < -0.3 is 9.84 Å². The summed E-state index contributed by atoms with van der Waals surface area (Å²) in [5.74, 6) is 1.57. The van der Waals surface area contributed by atoms with Gasteiger partial charge in [-0.05, 0) is 37.0 Å². The largest absolute Gasteiger partial charge is 0.389 e. The zero-order valence-electron chi connectivity index (χ0n) is 11.3. The van der Waals surface area contributed by atoms with E-state index in [4.69, 9.17) is 4.74 Å². The molecule has 3 heteroatoms. The lowest BCUT2D eigenvalue weighted by Gasteiger charge is -2.45. The zero-order valence-corrected chi connectivity index (χ0v) is 11.3. The van der Waals surface area contributed by atoms with E-state index < -0.39 is 5.60 Å². The van der Waals surface area contributed by atoms with Gasteiger partial charge in [0.25, 0.3) is 0 Å². The molecule has 4 atom stereocenters. The van der Waals surface area contributed by atoms with Gasteiger partial charge in [0, 0.05) is 19.1 Å². The van der Waals surface area contributed by atoms with E-state index in [0.717, 1.165) is 44.6 Å². The Morgan fingerprint density at radius 2 is 1.76 bits per heavy atom. The molecule has 1 N–H and O–H groups in total. The van der Waals surface area contributed by atoms with Crippen LogP contribution in [0.4, 0.5) is 0 Å². The van der Waals surface area contributed by atoms with Crippen molar-refractivity contribution in [3.63, 3.8) is 0 Å². The van der Waals surface area contributed by atoms with Crippen LogP contribution in [0, 0.1) is 17.3 Å². The number of fused-ring (bicyclic) bond motifs is 1. The van der Waals surface area contributed by atoms with Crippen molar-refractivity contribution in [3.05, 3.63) is 0 Å². The van der Waals surface area contributed by atoms with Gasteiger partial charge in [0.05, 0.1) is 18.8 Å². The number of ether oxygens (including phenoxy) is 1. The normalized spacial score (nSPS) is 49.8. The fraction of sp³-hybridized carbons (Fsp3) is 1.00. The van der Waals surface area contributed by atoms with Crippen LogP contribution >= 0.6 is 0 Å². The number of hydrogen-bond acceptors (Lipinski definition) is 3. The Labute approximate surface area is 104 Å². The number of rotatable bonds is 1. The number of morpholine rings is 1. The fourth-order valence-electron chi connectivity index (χ4n) is 4.24. The Morgan fingerprint density at radius 3 is 2.41 bits per heavy atom. The molecule has 1 heterocycles. The van der Waals surface area contributed by atoms with Crippen molar-refractivity contribution >= 4 is 0 Å². The average Bonchev–Trinajstić information content (AvgIpc) is 2.78. The van der Waals surface area contributed by atoms with Crippen LogP contribution in [0.1, 0.15) is 33.6 Å². The second-order valence-electron chi connectivity index (χ2n) is 7.00. The molecule has 2 aliphatic carbocycles. The van der Waals surface area contributed by atoms with E-state index in [-0.39, 0.29) is 0 Å². The molecule has 98 valence electrons. The van der Waals surface area contributed by atoms with E-state index in [9.17, 15) is 5.11 Å². The minimum Gasteiger partial charge on any atom is -0.389 e. The fourth-order valence-corrected chi connectivity index (χ4v) is 4.24. The summed E-state index contributed by atoms with van der Waals surface area (Å²) in [5.41, 5.74) is -0.0443. The second-order valence-corrected chi connectivity index (χ2v) is 7.00. The molecule has 0 bridgehead atoms. The molecule has 3 aliphatic rings. The van der Waals surface area contributed by atoms with Crippen LogP contribution in [-0.2, 0) is 4.74 Å². The summed E-state index contributed by atoms with van der Waals surface area (Å²) in [6.45, 7) is 10.4. The van der Waals surface area contributed by atoms with E-state index >= 15 is 0 Å². The van der Waals surface area contributed by atoms with Gasteiger partial charge in [0.2, 0.25) is 0 Å². The SMILES string of the molecule is CC1(C)[C@@H]2C[C@@H](N3CCOCC3)[C@@](C)(O)C[C@@H]21. The molecule has 0 aromatic rings. The Hall–Kier alpha value is -0.120. The van der Waals surface area contributed by atoms with Crippen molar-refractivity contribution < 1.29 is 9.84 Å². The monoisotopic (exact) mass is 239 g/mol. The molecular formula is C14H25NO2. The second kappa shape index (κ2) is 3.69. The topological polar surface area (TPSA) is 32.7 Å². The standard InChI is InChI=1S/C14H25NO2/c1-13(2)10-8-12(14(3,16)9-11(10)13)15-4-6-17-7-5-15/h10-12,16H,4-9H2,1-3H3/t10-,11+,12-,14+/m1/s1. The van der Waals surface area contributed by atoms with Crippen molar-refractivity contribution in [2.24, 2.45) is 17.3 Å². The van der Waals surface area contributed by atoms with Crippen LogP contribution < -0.4 is 0 Å². The first kappa shape index (κ1) is 11.9. The third-order valence-corrected chi connectivity index (χ3v) is 5.60. The zero-order chi connectivity index (χ0) is 12.3. The first-order valence-electron chi connectivity index (χ1n) is 6.97. The van der Waals surface area contributed by atoms with E-state index in [0.29, 0.717) is 11.5 Å². The highest BCUT2D eigenvalue weighted by molar-refractivity contribution is 5.14. The van der Waals surface area contributed by atoms with E-state index in [2.05, 4.69) is 18.7 Å². The molecule has 0 amide bonds. The number of nitrogens with zero attached hydrogens (tertiary/aromatic N) is 1. The van der Waals surface area contributed by atoms with Crippen LogP contribution in [0.25, 0.3) is 0 Å². The van der Waals surface area contributed by atoms with Gasteiger partial charge in [0.1, 0.15) is 0 Å². The Kier molecular flexibility index (Phi) is 2.59. The van der Waals surface area contributed by atoms with Crippen molar-refractivity contribution in [2.45, 2.75) is 45.3 Å². The highest BCUT2D eigenvalue weighted by atomic mass is 16.5. The van der Waals surface area contributed by atoms with Gasteiger partial charge >= 0.3 is 0 Å². The predicted molar refractivity (Wildman–Crippen MR) is 66.8 cm³/mol. The Bertz CT molecular complexity index is 307. The van der Waals surface area contributed by atoms with Crippen LogP contribution in [0.5, 0.6) is 0 Å². The molecular weight excluding hydrogens is 214 g/mol. The van der Waals surface area contributed by atoms with Crippen LogP contribution in [0.2, 0.25) is 0 Å². The summed E-state index contributed by atoms with van der Waals surface area (Å²) < 4.78 is 5.41. The predicted octanol–water partition coefficient (Wildman–Crippen LogP) is 1.50. The van der Waals surface area contributed by atoms with Crippen molar-refractivity contribution in [1.29, 1.82) is 0 Å². The van der Waals surface area contributed by atoms with Crippen LogP contribution in [0.3, 0.4) is 0 Å². The molecule has 0 unspecified atom stereocenters. The minimum absolute atomic E-state index is 0.342. The molecule has 0 spiro atoms. The highest BCUT2D eigenvalue weighted by Gasteiger charge is 2.64. The summed E-state index contributed by atoms with van der Waals surface area (Å²) in [6.07, 6.45) is 2.15. The van der Waals surface area contributed by atoms with Crippen LogP contribution in [-0.4, -0.2) is 48.0 Å². The van der Waals surface area contributed by atoms with Crippen LogP contribution in [0.15, 0.2) is 0 Å². The Morgan fingerprint density at radius 1 is 1.12 bits per heavy atom. The summed E-state index contributed by atoms with van der Waals surface area (Å²) >= 11 is 0. The van der Waals surface area contributed by atoms with Gasteiger partial charge in [0.15, 0.2) is 0 Å². The molecule has 1 saturated heterocycles. The molecule has 0 radical (unpaired) electrons. The number of hydrogen-bond donors (Lipinski definition) is 1. The number of aliphatic hydroxyl groups is 1.